The molecular formula is C7H8O5. The number of carboxylic acids is 2. The zero-order valence-corrected chi connectivity index (χ0v) is 6.40. The molecule has 0 unspecified atom stereocenters. The van der Waals surface area contributed by atoms with Gasteiger partial charge in [-0.1, -0.05) is 0 Å². The van der Waals surface area contributed by atoms with Crippen LogP contribution in [0.2, 0.25) is 0 Å². The van der Waals surface area contributed by atoms with Gasteiger partial charge in [0, 0.05) is 12.5 Å². The fourth-order valence-electron chi connectivity index (χ4n) is 0.606. The van der Waals surface area contributed by atoms with Gasteiger partial charge in [-0.2, -0.15) is 0 Å². The van der Waals surface area contributed by atoms with Crippen LogP contribution in [0, 0.1) is 0 Å². The Balaban J connectivity index is 4.55. The highest BCUT2D eigenvalue weighted by molar-refractivity contribution is 5.99. The zero-order valence-electron chi connectivity index (χ0n) is 6.40. The highest BCUT2D eigenvalue weighted by Gasteiger charge is 2.11. The Labute approximate surface area is 68.3 Å². The summed E-state index contributed by atoms with van der Waals surface area (Å²) in [6.45, 7) is 1.19. The molecule has 0 saturated carbocycles. The lowest BCUT2D eigenvalue weighted by Gasteiger charge is -1.95. The average molecular weight is 172 g/mol. The van der Waals surface area contributed by atoms with Crippen molar-refractivity contribution in [2.75, 3.05) is 0 Å². The van der Waals surface area contributed by atoms with E-state index in [1.165, 1.54) is 6.92 Å². The van der Waals surface area contributed by atoms with Gasteiger partial charge in [-0.25, -0.2) is 9.59 Å². The van der Waals surface area contributed by atoms with Crippen molar-refractivity contribution in [2.45, 2.75) is 13.3 Å². The molecule has 0 spiro atoms. The van der Waals surface area contributed by atoms with Gasteiger partial charge >= 0.3 is 11.9 Å². The van der Waals surface area contributed by atoms with Crippen molar-refractivity contribution >= 4 is 17.7 Å². The quantitative estimate of drug-likeness (QED) is 0.585. The van der Waals surface area contributed by atoms with Gasteiger partial charge in [-0.05, 0) is 6.92 Å². The molecule has 0 fully saturated rings. The van der Waals surface area contributed by atoms with Gasteiger partial charge in [0.1, 0.15) is 5.78 Å². The molecule has 0 amide bonds. The van der Waals surface area contributed by atoms with Crippen molar-refractivity contribution in [1.29, 1.82) is 0 Å². The van der Waals surface area contributed by atoms with Gasteiger partial charge in [0.25, 0.3) is 0 Å². The molecule has 0 bridgehead atoms. The van der Waals surface area contributed by atoms with Crippen LogP contribution in [0.25, 0.3) is 0 Å². The van der Waals surface area contributed by atoms with Crippen molar-refractivity contribution in [3.63, 3.8) is 0 Å². The third-order valence-corrected chi connectivity index (χ3v) is 1.01. The van der Waals surface area contributed by atoms with E-state index in [1.54, 1.807) is 0 Å². The SMILES string of the molecule is CC(=O)CC(=CC(=O)O)C(=O)O. The van der Waals surface area contributed by atoms with Crippen molar-refractivity contribution in [3.05, 3.63) is 11.6 Å². The maximum absolute atomic E-state index is 10.4. The number of carboxylic acid groups (broad SMARTS) is 2. The number of aliphatic carboxylic acids is 2. The van der Waals surface area contributed by atoms with E-state index >= 15 is 0 Å². The number of hydrogen-bond acceptors (Lipinski definition) is 3. The summed E-state index contributed by atoms with van der Waals surface area (Å²) in [5.41, 5.74) is -0.407. The molecule has 12 heavy (non-hydrogen) atoms. The monoisotopic (exact) mass is 172 g/mol. The van der Waals surface area contributed by atoms with E-state index in [2.05, 4.69) is 0 Å². The molecule has 2 N–H and O–H groups in total. The van der Waals surface area contributed by atoms with E-state index in [-0.39, 0.29) is 12.2 Å². The summed E-state index contributed by atoms with van der Waals surface area (Å²) in [6, 6.07) is 0. The smallest absolute Gasteiger partial charge is 0.332 e. The molecule has 0 rings (SSSR count). The Kier molecular flexibility index (Phi) is 3.69. The van der Waals surface area contributed by atoms with E-state index in [0.29, 0.717) is 6.08 Å². The van der Waals surface area contributed by atoms with Crippen LogP contribution < -0.4 is 0 Å². The lowest BCUT2D eigenvalue weighted by atomic mass is 10.1. The fourth-order valence-corrected chi connectivity index (χ4v) is 0.606. The minimum Gasteiger partial charge on any atom is -0.478 e. The molecule has 0 aliphatic carbocycles. The number of carbonyl (C=O) groups excluding carboxylic acids is 1. The summed E-state index contributed by atoms with van der Waals surface area (Å²) in [6.07, 6.45) is 0.158. The second-order valence-electron chi connectivity index (χ2n) is 2.19. The number of ketones is 1. The van der Waals surface area contributed by atoms with Crippen molar-refractivity contribution in [3.8, 4) is 0 Å². The molecule has 0 radical (unpaired) electrons. The molecule has 0 aromatic heterocycles. The predicted molar refractivity (Wildman–Crippen MR) is 38.7 cm³/mol. The van der Waals surface area contributed by atoms with Gasteiger partial charge in [-0.15, -0.1) is 0 Å². The van der Waals surface area contributed by atoms with Crippen LogP contribution in [0.1, 0.15) is 13.3 Å². The summed E-state index contributed by atoms with van der Waals surface area (Å²) < 4.78 is 0. The number of Topliss-reactive ketones (excluding diaryl/α,β-unsaturated/α-hetero) is 1. The van der Waals surface area contributed by atoms with Gasteiger partial charge < -0.3 is 10.2 Å². The molecule has 0 heterocycles. The standard InChI is InChI=1S/C7H8O5/c1-4(8)2-5(7(11)12)3-6(9)10/h3H,2H2,1H3,(H,9,10)(H,11,12). The van der Waals surface area contributed by atoms with Gasteiger partial charge in [0.05, 0.1) is 5.57 Å². The third kappa shape index (κ3) is 4.21. The largest absolute Gasteiger partial charge is 0.478 e. The van der Waals surface area contributed by atoms with Gasteiger partial charge in [-0.3, -0.25) is 4.79 Å². The summed E-state index contributed by atoms with van der Waals surface area (Å²) in [5.74, 6) is -3.13. The van der Waals surface area contributed by atoms with Crippen LogP contribution in [-0.2, 0) is 14.4 Å². The first-order valence-electron chi connectivity index (χ1n) is 3.09. The Bertz CT molecular complexity index is 251. The predicted octanol–water partition coefficient (Wildman–Crippen LogP) is 0.0611. The Morgan fingerprint density at radius 3 is 2.00 bits per heavy atom. The van der Waals surface area contributed by atoms with E-state index in [1.807, 2.05) is 0 Å². The molecule has 5 heteroatoms. The minimum absolute atomic E-state index is 0.359. The fraction of sp³-hybridized carbons (Fsp3) is 0.286. The van der Waals surface area contributed by atoms with Crippen LogP contribution in [0.3, 0.4) is 0 Å². The van der Waals surface area contributed by atoms with E-state index in [0.717, 1.165) is 0 Å². The van der Waals surface area contributed by atoms with Crippen LogP contribution in [0.4, 0.5) is 0 Å². The van der Waals surface area contributed by atoms with Crippen LogP contribution in [0.5, 0.6) is 0 Å². The average Bonchev–Trinajstić information content (AvgIpc) is 1.83. The van der Waals surface area contributed by atoms with Gasteiger partial charge in [0.2, 0.25) is 0 Å². The van der Waals surface area contributed by atoms with Crippen LogP contribution in [-0.4, -0.2) is 27.9 Å². The number of rotatable bonds is 4. The lowest BCUT2D eigenvalue weighted by Crippen LogP contribution is -2.07. The maximum atomic E-state index is 10.4. The first-order valence-corrected chi connectivity index (χ1v) is 3.09. The Morgan fingerprint density at radius 2 is 1.75 bits per heavy atom. The summed E-state index contributed by atoms with van der Waals surface area (Å²) in [7, 11) is 0. The molecule has 66 valence electrons. The maximum Gasteiger partial charge on any atom is 0.332 e. The highest BCUT2D eigenvalue weighted by atomic mass is 16.4. The molecular weight excluding hydrogens is 164 g/mol. The Hall–Kier alpha value is -1.65. The first-order chi connectivity index (χ1) is 5.43. The van der Waals surface area contributed by atoms with Gasteiger partial charge in [0.15, 0.2) is 0 Å². The molecule has 0 aromatic rings. The van der Waals surface area contributed by atoms with Crippen LogP contribution >= 0.6 is 0 Å². The van der Waals surface area contributed by atoms with Crippen molar-refractivity contribution < 1.29 is 24.6 Å². The van der Waals surface area contributed by atoms with Crippen molar-refractivity contribution in [1.82, 2.24) is 0 Å². The topological polar surface area (TPSA) is 91.7 Å². The summed E-state index contributed by atoms with van der Waals surface area (Å²) in [5, 5.41) is 16.6. The molecule has 0 aliphatic rings. The zero-order chi connectivity index (χ0) is 9.72. The first kappa shape index (κ1) is 10.3. The molecule has 0 aliphatic heterocycles. The molecule has 0 atom stereocenters. The molecule has 0 aromatic carbocycles. The number of carbonyl (C=O) groups is 3. The highest BCUT2D eigenvalue weighted by Crippen LogP contribution is 2.01. The minimum atomic E-state index is -1.38. The Morgan fingerprint density at radius 1 is 1.25 bits per heavy atom. The molecule has 0 saturated heterocycles. The lowest BCUT2D eigenvalue weighted by molar-refractivity contribution is -0.135. The van der Waals surface area contributed by atoms with Crippen LogP contribution in [0.15, 0.2) is 11.6 Å². The third-order valence-electron chi connectivity index (χ3n) is 1.01. The second kappa shape index (κ2) is 4.27. The normalized spacial score (nSPS) is 10.9. The van der Waals surface area contributed by atoms with Crippen molar-refractivity contribution in [2.24, 2.45) is 0 Å². The summed E-state index contributed by atoms with van der Waals surface area (Å²) in [4.78, 5) is 30.8. The second-order valence-corrected chi connectivity index (χ2v) is 2.19. The van der Waals surface area contributed by atoms with E-state index in [9.17, 15) is 14.4 Å². The molecule has 5 nitrogen and oxygen atoms in total. The summed E-state index contributed by atoms with van der Waals surface area (Å²) >= 11 is 0. The van der Waals surface area contributed by atoms with E-state index < -0.39 is 17.5 Å². The van der Waals surface area contributed by atoms with E-state index in [4.69, 9.17) is 10.2 Å². The number of hydrogen-bond donors (Lipinski definition) is 2.